The van der Waals surface area contributed by atoms with Crippen molar-refractivity contribution in [1.29, 1.82) is 0 Å². The maximum atomic E-state index is 12.5. The lowest BCUT2D eigenvalue weighted by Crippen LogP contribution is -2.50. The summed E-state index contributed by atoms with van der Waals surface area (Å²) in [5.74, 6) is -0.0158. The van der Waals surface area contributed by atoms with E-state index in [0.29, 0.717) is 26.2 Å². The number of alkyl halides is 3. The second-order valence-electron chi connectivity index (χ2n) is 5.67. The molecule has 1 aliphatic rings. The fourth-order valence-corrected chi connectivity index (χ4v) is 3.35. The number of nitrogens with one attached hydrogen (secondary N) is 1. The van der Waals surface area contributed by atoms with Gasteiger partial charge in [0, 0.05) is 37.3 Å². The van der Waals surface area contributed by atoms with E-state index in [1.54, 1.807) is 16.2 Å². The third-order valence-corrected chi connectivity index (χ3v) is 5.12. The number of carbonyl (C=O) groups excluding carboxylic acids is 1. The molecule has 11 heteroatoms. The summed E-state index contributed by atoms with van der Waals surface area (Å²) in [6.07, 6.45) is -1.75. The minimum atomic E-state index is -4.56. The van der Waals surface area contributed by atoms with Gasteiger partial charge in [0.05, 0.1) is 0 Å². The molecule has 3 rings (SSSR count). The van der Waals surface area contributed by atoms with Crippen LogP contribution in [-0.2, 0) is 12.6 Å². The van der Waals surface area contributed by atoms with E-state index in [2.05, 4.69) is 32.3 Å². The molecule has 1 saturated heterocycles. The Kier molecular flexibility index (Phi) is 5.25. The summed E-state index contributed by atoms with van der Waals surface area (Å²) in [4.78, 5) is 21.5. The Morgan fingerprint density at radius 2 is 1.96 bits per heavy atom. The molecule has 140 valence electrons. The van der Waals surface area contributed by atoms with Crippen LogP contribution < -0.4 is 10.2 Å². The molecule has 1 aliphatic heterocycles. The highest BCUT2D eigenvalue weighted by Crippen LogP contribution is 2.27. The summed E-state index contributed by atoms with van der Waals surface area (Å²) in [5.41, 5.74) is -1.10. The van der Waals surface area contributed by atoms with Crippen LogP contribution in [0.25, 0.3) is 0 Å². The Bertz CT molecular complexity index is 755. The molecule has 0 radical (unpaired) electrons. The Balaban J connectivity index is 1.53. The van der Waals surface area contributed by atoms with E-state index in [1.165, 1.54) is 4.88 Å². The normalized spacial score (nSPS) is 15.2. The number of nitrogens with zero attached hydrogens (tertiary/aromatic N) is 5. The number of urea groups is 1. The van der Waals surface area contributed by atoms with Gasteiger partial charge in [-0.05, 0) is 18.6 Å². The zero-order valence-corrected chi connectivity index (χ0v) is 14.8. The third-order valence-electron chi connectivity index (χ3n) is 3.92. The van der Waals surface area contributed by atoms with Gasteiger partial charge < -0.3 is 9.80 Å². The second kappa shape index (κ2) is 7.44. The van der Waals surface area contributed by atoms with E-state index in [1.807, 2.05) is 6.20 Å². The van der Waals surface area contributed by atoms with Crippen LogP contribution in [0.5, 0.6) is 0 Å². The van der Waals surface area contributed by atoms with Gasteiger partial charge in [0.2, 0.25) is 0 Å². The van der Waals surface area contributed by atoms with E-state index < -0.39 is 17.9 Å². The molecule has 7 nitrogen and oxygen atoms in total. The van der Waals surface area contributed by atoms with Crippen LogP contribution >= 0.6 is 11.3 Å². The average Bonchev–Trinajstić information content (AvgIpc) is 3.11. The van der Waals surface area contributed by atoms with Gasteiger partial charge in [0.15, 0.2) is 16.6 Å². The van der Waals surface area contributed by atoms with E-state index in [-0.39, 0.29) is 5.82 Å². The Morgan fingerprint density at radius 1 is 1.23 bits per heavy atom. The van der Waals surface area contributed by atoms with Crippen molar-refractivity contribution in [3.8, 4) is 0 Å². The van der Waals surface area contributed by atoms with Gasteiger partial charge >= 0.3 is 12.2 Å². The van der Waals surface area contributed by atoms with Gasteiger partial charge in [-0.2, -0.15) is 13.2 Å². The zero-order chi connectivity index (χ0) is 18.7. The van der Waals surface area contributed by atoms with Gasteiger partial charge in [0.25, 0.3) is 0 Å². The number of amides is 2. The number of thiazole rings is 1. The molecule has 0 bridgehead atoms. The van der Waals surface area contributed by atoms with Gasteiger partial charge in [-0.25, -0.2) is 9.78 Å². The Morgan fingerprint density at radius 3 is 2.50 bits per heavy atom. The average molecular weight is 386 g/mol. The zero-order valence-electron chi connectivity index (χ0n) is 14.0. The first-order valence-corrected chi connectivity index (χ1v) is 8.85. The van der Waals surface area contributed by atoms with Crippen LogP contribution in [0.15, 0.2) is 18.3 Å². The number of halogens is 3. The monoisotopic (exact) mass is 386 g/mol. The summed E-state index contributed by atoms with van der Waals surface area (Å²) >= 11 is 1.64. The SMILES string of the molecule is CCc1cnc(N2CCN(C(=O)Nc3ccc(C(F)(F)F)nn3)CC2)s1. The van der Waals surface area contributed by atoms with Crippen molar-refractivity contribution in [1.82, 2.24) is 20.1 Å². The Labute approximate surface area is 151 Å². The molecule has 26 heavy (non-hydrogen) atoms. The molecule has 0 aromatic carbocycles. The Hall–Kier alpha value is -2.43. The number of carbonyl (C=O) groups is 1. The summed E-state index contributed by atoms with van der Waals surface area (Å²) in [7, 11) is 0. The molecule has 0 spiro atoms. The van der Waals surface area contributed by atoms with E-state index in [4.69, 9.17) is 0 Å². The molecule has 0 atom stereocenters. The van der Waals surface area contributed by atoms with Gasteiger partial charge in [-0.1, -0.05) is 6.92 Å². The van der Waals surface area contributed by atoms with Crippen molar-refractivity contribution in [2.24, 2.45) is 0 Å². The first-order valence-electron chi connectivity index (χ1n) is 8.03. The van der Waals surface area contributed by atoms with Crippen LogP contribution in [0.3, 0.4) is 0 Å². The van der Waals surface area contributed by atoms with E-state index in [9.17, 15) is 18.0 Å². The molecule has 0 aliphatic carbocycles. The van der Waals surface area contributed by atoms with Crippen molar-refractivity contribution in [2.45, 2.75) is 19.5 Å². The minimum absolute atomic E-state index is 0.0158. The number of hydrogen-bond acceptors (Lipinski definition) is 6. The maximum absolute atomic E-state index is 12.5. The lowest BCUT2D eigenvalue weighted by molar-refractivity contribution is -0.141. The lowest BCUT2D eigenvalue weighted by atomic mass is 10.3. The summed E-state index contributed by atoms with van der Waals surface area (Å²) in [6.45, 7) is 4.33. The van der Waals surface area contributed by atoms with Crippen LogP contribution in [0.2, 0.25) is 0 Å². The molecule has 2 aromatic rings. The second-order valence-corrected chi connectivity index (χ2v) is 6.76. The fraction of sp³-hybridized carbons (Fsp3) is 0.467. The highest BCUT2D eigenvalue weighted by Gasteiger charge is 2.33. The van der Waals surface area contributed by atoms with Gasteiger partial charge in [-0.3, -0.25) is 5.32 Å². The molecule has 1 N–H and O–H groups in total. The number of hydrogen-bond donors (Lipinski definition) is 1. The smallest absolute Gasteiger partial charge is 0.345 e. The number of piperazine rings is 1. The summed E-state index contributed by atoms with van der Waals surface area (Å²) in [5, 5.41) is 9.91. The molecule has 3 heterocycles. The number of aryl methyl sites for hydroxylation is 1. The summed E-state index contributed by atoms with van der Waals surface area (Å²) in [6, 6.07) is 1.47. The van der Waals surface area contributed by atoms with Crippen molar-refractivity contribution < 1.29 is 18.0 Å². The first kappa shape index (κ1) is 18.4. The number of anilines is 2. The van der Waals surface area contributed by atoms with Crippen LogP contribution in [0.1, 0.15) is 17.5 Å². The van der Waals surface area contributed by atoms with Crippen LogP contribution in [0.4, 0.5) is 28.9 Å². The van der Waals surface area contributed by atoms with Crippen molar-refractivity contribution in [3.05, 3.63) is 28.9 Å². The predicted octanol–water partition coefficient (Wildman–Crippen LogP) is 2.87. The molecule has 0 saturated carbocycles. The molecular formula is C15H17F3N6OS. The van der Waals surface area contributed by atoms with Crippen LogP contribution in [-0.4, -0.2) is 52.3 Å². The number of rotatable bonds is 3. The van der Waals surface area contributed by atoms with Crippen LogP contribution in [0, 0.1) is 0 Å². The standard InChI is InChI=1S/C15H17F3N6OS/c1-2-10-9-19-14(26-10)24-7-5-23(6-8-24)13(25)20-12-4-3-11(21-22-12)15(16,17)18/h3-4,9H,2,5-8H2,1H3,(H,20,22,25). The highest BCUT2D eigenvalue weighted by molar-refractivity contribution is 7.15. The molecule has 2 amide bonds. The first-order chi connectivity index (χ1) is 12.4. The van der Waals surface area contributed by atoms with E-state index in [0.717, 1.165) is 23.7 Å². The van der Waals surface area contributed by atoms with Crippen molar-refractivity contribution in [3.63, 3.8) is 0 Å². The molecular weight excluding hydrogens is 369 g/mol. The van der Waals surface area contributed by atoms with E-state index >= 15 is 0 Å². The molecule has 0 unspecified atom stereocenters. The lowest BCUT2D eigenvalue weighted by Gasteiger charge is -2.34. The highest BCUT2D eigenvalue weighted by atomic mass is 32.1. The van der Waals surface area contributed by atoms with Crippen molar-refractivity contribution in [2.75, 3.05) is 36.4 Å². The summed E-state index contributed by atoms with van der Waals surface area (Å²) < 4.78 is 37.4. The third kappa shape index (κ3) is 4.21. The fourth-order valence-electron chi connectivity index (χ4n) is 2.45. The quantitative estimate of drug-likeness (QED) is 0.878. The number of aromatic nitrogens is 3. The van der Waals surface area contributed by atoms with Gasteiger partial charge in [-0.15, -0.1) is 21.5 Å². The maximum Gasteiger partial charge on any atom is 0.435 e. The minimum Gasteiger partial charge on any atom is -0.345 e. The topological polar surface area (TPSA) is 74.2 Å². The molecule has 2 aromatic heterocycles. The molecule has 1 fully saturated rings. The predicted molar refractivity (Wildman–Crippen MR) is 91.3 cm³/mol. The van der Waals surface area contributed by atoms with Crippen molar-refractivity contribution >= 4 is 28.3 Å². The largest absolute Gasteiger partial charge is 0.435 e. The van der Waals surface area contributed by atoms with Gasteiger partial charge in [0.1, 0.15) is 0 Å².